The lowest BCUT2D eigenvalue weighted by molar-refractivity contribution is 0.0876. The van der Waals surface area contributed by atoms with Crippen LogP contribution in [0.2, 0.25) is 0 Å². The van der Waals surface area contributed by atoms with Crippen LogP contribution in [-0.2, 0) is 6.42 Å². The van der Waals surface area contributed by atoms with Crippen molar-refractivity contribution in [3.63, 3.8) is 0 Å². The molecule has 1 saturated heterocycles. The zero-order chi connectivity index (χ0) is 15.2. The number of hydrogen-bond donors (Lipinski definition) is 1. The van der Waals surface area contributed by atoms with Crippen LogP contribution in [0.5, 0.6) is 0 Å². The molecule has 1 aliphatic rings. The van der Waals surface area contributed by atoms with E-state index in [9.17, 15) is 0 Å². The Morgan fingerprint density at radius 1 is 1.29 bits per heavy atom. The number of piperazine rings is 1. The van der Waals surface area contributed by atoms with E-state index in [1.165, 1.54) is 30.6 Å². The van der Waals surface area contributed by atoms with Crippen molar-refractivity contribution >= 4 is 0 Å². The predicted octanol–water partition coefficient (Wildman–Crippen LogP) is 2.15. The van der Waals surface area contributed by atoms with Crippen LogP contribution in [0.4, 0.5) is 0 Å². The molecule has 118 valence electrons. The van der Waals surface area contributed by atoms with Gasteiger partial charge in [-0.2, -0.15) is 0 Å². The summed E-state index contributed by atoms with van der Waals surface area (Å²) >= 11 is 0. The largest absolute Gasteiger partial charge is 0.312 e. The van der Waals surface area contributed by atoms with Gasteiger partial charge in [0.2, 0.25) is 0 Å². The van der Waals surface area contributed by atoms with Gasteiger partial charge in [0.05, 0.1) is 0 Å². The highest BCUT2D eigenvalue weighted by molar-refractivity contribution is 5.23. The average Bonchev–Trinajstić information content (AvgIpc) is 2.46. The highest BCUT2D eigenvalue weighted by atomic mass is 15.3. The van der Waals surface area contributed by atoms with Gasteiger partial charge in [-0.3, -0.25) is 4.90 Å². The predicted molar refractivity (Wildman–Crippen MR) is 90.9 cm³/mol. The lowest BCUT2D eigenvalue weighted by Crippen LogP contribution is -2.59. The van der Waals surface area contributed by atoms with Gasteiger partial charge in [0, 0.05) is 31.7 Å². The molecule has 0 aromatic heterocycles. The van der Waals surface area contributed by atoms with E-state index < -0.39 is 0 Å². The van der Waals surface area contributed by atoms with Crippen molar-refractivity contribution in [2.45, 2.75) is 38.8 Å². The van der Waals surface area contributed by atoms with Crippen molar-refractivity contribution in [1.29, 1.82) is 0 Å². The molecule has 0 amide bonds. The smallest absolute Gasteiger partial charge is 0.0377 e. The molecule has 1 aliphatic heterocycles. The van der Waals surface area contributed by atoms with E-state index in [1.54, 1.807) is 0 Å². The quantitative estimate of drug-likeness (QED) is 0.866. The third-order valence-corrected chi connectivity index (χ3v) is 4.56. The first-order valence-corrected chi connectivity index (χ1v) is 8.28. The standard InChI is InChI=1S/C18H31N3/c1-5-9-19-17(13-16-8-6-7-15(2)12-16)18-14-20(3)10-11-21(18)4/h6-8,12,17-19H,5,9-11,13-14H2,1-4H3. The summed E-state index contributed by atoms with van der Waals surface area (Å²) in [5.74, 6) is 0. The molecular weight excluding hydrogens is 258 g/mol. The van der Waals surface area contributed by atoms with Crippen LogP contribution in [0.3, 0.4) is 0 Å². The Labute approximate surface area is 130 Å². The van der Waals surface area contributed by atoms with Crippen molar-refractivity contribution in [2.75, 3.05) is 40.3 Å². The van der Waals surface area contributed by atoms with Gasteiger partial charge in [-0.05, 0) is 46.0 Å². The summed E-state index contributed by atoms with van der Waals surface area (Å²) in [5.41, 5.74) is 2.81. The molecule has 2 unspecified atom stereocenters. The van der Waals surface area contributed by atoms with E-state index in [0.29, 0.717) is 12.1 Å². The summed E-state index contributed by atoms with van der Waals surface area (Å²) in [7, 11) is 4.51. The number of benzene rings is 1. The van der Waals surface area contributed by atoms with Crippen molar-refractivity contribution in [3.8, 4) is 0 Å². The molecule has 0 spiro atoms. The minimum atomic E-state index is 0.527. The molecule has 0 aliphatic carbocycles. The number of nitrogens with zero attached hydrogens (tertiary/aromatic N) is 2. The van der Waals surface area contributed by atoms with Crippen molar-refractivity contribution in [2.24, 2.45) is 0 Å². The second kappa shape index (κ2) is 7.92. The van der Waals surface area contributed by atoms with Crippen LogP contribution >= 0.6 is 0 Å². The Balaban J connectivity index is 2.09. The van der Waals surface area contributed by atoms with Crippen LogP contribution < -0.4 is 5.32 Å². The molecule has 3 heteroatoms. The van der Waals surface area contributed by atoms with E-state index in [-0.39, 0.29) is 0 Å². The van der Waals surface area contributed by atoms with Gasteiger partial charge in [0.25, 0.3) is 0 Å². The number of aryl methyl sites for hydroxylation is 1. The molecule has 2 atom stereocenters. The van der Waals surface area contributed by atoms with E-state index >= 15 is 0 Å². The molecule has 0 saturated carbocycles. The van der Waals surface area contributed by atoms with Gasteiger partial charge in [0.15, 0.2) is 0 Å². The maximum atomic E-state index is 3.79. The average molecular weight is 289 g/mol. The van der Waals surface area contributed by atoms with Crippen LogP contribution in [0.1, 0.15) is 24.5 Å². The molecule has 0 radical (unpaired) electrons. The molecule has 1 N–H and O–H groups in total. The minimum absolute atomic E-state index is 0.527. The van der Waals surface area contributed by atoms with Gasteiger partial charge < -0.3 is 10.2 Å². The van der Waals surface area contributed by atoms with Crippen LogP contribution in [0, 0.1) is 6.92 Å². The molecule has 1 aromatic carbocycles. The second-order valence-corrected chi connectivity index (χ2v) is 6.56. The molecule has 1 aromatic rings. The molecule has 21 heavy (non-hydrogen) atoms. The Bertz CT molecular complexity index is 432. The summed E-state index contributed by atoms with van der Waals surface area (Å²) in [6.07, 6.45) is 2.31. The first kappa shape index (κ1) is 16.5. The third-order valence-electron chi connectivity index (χ3n) is 4.56. The summed E-state index contributed by atoms with van der Waals surface area (Å²) in [4.78, 5) is 4.99. The third kappa shape index (κ3) is 4.80. The SMILES string of the molecule is CCCNC(Cc1cccc(C)c1)C1CN(C)CCN1C. The molecule has 3 nitrogen and oxygen atoms in total. The van der Waals surface area contributed by atoms with Crippen molar-refractivity contribution < 1.29 is 0 Å². The number of rotatable bonds is 6. The Morgan fingerprint density at radius 3 is 2.81 bits per heavy atom. The second-order valence-electron chi connectivity index (χ2n) is 6.56. The van der Waals surface area contributed by atoms with Gasteiger partial charge >= 0.3 is 0 Å². The molecule has 1 heterocycles. The topological polar surface area (TPSA) is 18.5 Å². The van der Waals surface area contributed by atoms with Gasteiger partial charge in [-0.15, -0.1) is 0 Å². The minimum Gasteiger partial charge on any atom is -0.312 e. The van der Waals surface area contributed by atoms with E-state index in [1.807, 2.05) is 0 Å². The number of nitrogens with one attached hydrogen (secondary N) is 1. The first-order valence-electron chi connectivity index (χ1n) is 8.28. The number of likely N-dealkylation sites (N-methyl/N-ethyl adjacent to an activating group) is 2. The lowest BCUT2D eigenvalue weighted by atomic mass is 9.95. The van der Waals surface area contributed by atoms with Crippen LogP contribution in [0.25, 0.3) is 0 Å². The lowest BCUT2D eigenvalue weighted by Gasteiger charge is -2.42. The summed E-state index contributed by atoms with van der Waals surface area (Å²) in [5, 5.41) is 3.79. The van der Waals surface area contributed by atoms with Gasteiger partial charge in [-0.1, -0.05) is 36.8 Å². The summed E-state index contributed by atoms with van der Waals surface area (Å²) in [6, 6.07) is 10.1. The highest BCUT2D eigenvalue weighted by Gasteiger charge is 2.29. The molecule has 2 rings (SSSR count). The summed E-state index contributed by atoms with van der Waals surface area (Å²) < 4.78 is 0. The van der Waals surface area contributed by atoms with Crippen LogP contribution in [-0.4, -0.2) is 62.2 Å². The highest BCUT2D eigenvalue weighted by Crippen LogP contribution is 2.15. The van der Waals surface area contributed by atoms with Crippen molar-refractivity contribution in [3.05, 3.63) is 35.4 Å². The fourth-order valence-corrected chi connectivity index (χ4v) is 3.25. The first-order chi connectivity index (χ1) is 10.1. The zero-order valence-electron chi connectivity index (χ0n) is 14.1. The fraction of sp³-hybridized carbons (Fsp3) is 0.667. The maximum Gasteiger partial charge on any atom is 0.0377 e. The van der Waals surface area contributed by atoms with Crippen molar-refractivity contribution in [1.82, 2.24) is 15.1 Å². The maximum absolute atomic E-state index is 3.79. The van der Waals surface area contributed by atoms with Gasteiger partial charge in [-0.25, -0.2) is 0 Å². The van der Waals surface area contributed by atoms with E-state index in [0.717, 1.165) is 19.5 Å². The fourth-order valence-electron chi connectivity index (χ4n) is 3.25. The Kier molecular flexibility index (Phi) is 6.22. The summed E-state index contributed by atoms with van der Waals surface area (Å²) in [6.45, 7) is 9.03. The zero-order valence-corrected chi connectivity index (χ0v) is 14.1. The van der Waals surface area contributed by atoms with Crippen LogP contribution in [0.15, 0.2) is 24.3 Å². The Morgan fingerprint density at radius 2 is 2.10 bits per heavy atom. The number of hydrogen-bond acceptors (Lipinski definition) is 3. The van der Waals surface area contributed by atoms with Gasteiger partial charge in [0.1, 0.15) is 0 Å². The molecule has 0 bridgehead atoms. The molecular formula is C18H31N3. The van der Waals surface area contributed by atoms with E-state index in [2.05, 4.69) is 67.3 Å². The van der Waals surface area contributed by atoms with E-state index in [4.69, 9.17) is 0 Å². The molecule has 1 fully saturated rings. The normalized spacial score (nSPS) is 22.4. The monoisotopic (exact) mass is 289 g/mol. The Hall–Kier alpha value is -0.900.